The third-order valence-electron chi connectivity index (χ3n) is 9.59. The molecule has 0 saturated heterocycles. The lowest BCUT2D eigenvalue weighted by Crippen LogP contribution is -1.96. The first-order valence-electron chi connectivity index (χ1n) is 17.1. The van der Waals surface area contributed by atoms with Crippen LogP contribution in [0, 0.1) is 0 Å². The van der Waals surface area contributed by atoms with Gasteiger partial charge in [0.15, 0.2) is 5.82 Å². The molecule has 0 saturated carbocycles. The van der Waals surface area contributed by atoms with E-state index in [1.165, 1.54) is 49.4 Å². The predicted molar refractivity (Wildman–Crippen MR) is 217 cm³/mol. The molecule has 0 atom stereocenters. The van der Waals surface area contributed by atoms with Gasteiger partial charge in [0.25, 0.3) is 0 Å². The van der Waals surface area contributed by atoms with Gasteiger partial charge in [0, 0.05) is 26.7 Å². The minimum Gasteiger partial charge on any atom is -0.228 e. The Morgan fingerprint density at radius 1 is 0.333 bits per heavy atom. The van der Waals surface area contributed by atoms with Crippen molar-refractivity contribution in [1.82, 2.24) is 9.97 Å². The molecule has 0 aliphatic rings. The van der Waals surface area contributed by atoms with Crippen molar-refractivity contribution in [3.05, 3.63) is 193 Å². The average Bonchev–Trinajstić information content (AvgIpc) is 3.21. The van der Waals surface area contributed by atoms with Gasteiger partial charge in [-0.15, -0.1) is 0 Å². The Bertz CT molecular complexity index is 2670. The molecule has 240 valence electrons. The number of benzene rings is 8. The molecular weight excluding hydrogens is 684 g/mol. The highest BCUT2D eigenvalue weighted by Gasteiger charge is 2.18. The lowest BCUT2D eigenvalue weighted by Gasteiger charge is -2.18. The molecule has 0 radical (unpaired) electrons. The number of rotatable bonds is 6. The quantitative estimate of drug-likeness (QED) is 0.171. The topological polar surface area (TPSA) is 25.8 Å². The van der Waals surface area contributed by atoms with Crippen LogP contribution in [0.1, 0.15) is 0 Å². The van der Waals surface area contributed by atoms with E-state index in [4.69, 9.17) is 9.97 Å². The second kappa shape index (κ2) is 13.3. The average molecular weight is 716 g/mol. The van der Waals surface area contributed by atoms with Crippen molar-refractivity contribution in [2.24, 2.45) is 0 Å². The molecule has 9 rings (SSSR count). The molecule has 0 aliphatic heterocycles. The zero-order chi connectivity index (χ0) is 34.1. The molecule has 9 aromatic rings. The number of nitrogens with zero attached hydrogens (tertiary/aromatic N) is 2. The molecule has 0 spiro atoms. The molecule has 0 unspecified atom stereocenters. The van der Waals surface area contributed by atoms with Crippen LogP contribution in [0.4, 0.5) is 0 Å². The van der Waals surface area contributed by atoms with E-state index in [2.05, 4.69) is 180 Å². The van der Waals surface area contributed by atoms with Gasteiger partial charge in [-0.1, -0.05) is 192 Å². The van der Waals surface area contributed by atoms with Crippen molar-refractivity contribution in [2.75, 3.05) is 0 Å². The van der Waals surface area contributed by atoms with E-state index in [0.29, 0.717) is 5.82 Å². The van der Waals surface area contributed by atoms with Crippen LogP contribution in [0.5, 0.6) is 0 Å². The summed E-state index contributed by atoms with van der Waals surface area (Å²) in [6, 6.07) is 66.3. The van der Waals surface area contributed by atoms with Crippen molar-refractivity contribution in [2.45, 2.75) is 0 Å². The Morgan fingerprint density at radius 2 is 0.784 bits per heavy atom. The second-order valence-electron chi connectivity index (χ2n) is 12.7. The van der Waals surface area contributed by atoms with E-state index in [9.17, 15) is 0 Å². The summed E-state index contributed by atoms with van der Waals surface area (Å²) < 4.78 is 1.08. The van der Waals surface area contributed by atoms with Crippen LogP contribution < -0.4 is 0 Å². The van der Waals surface area contributed by atoms with Crippen LogP contribution in [0.2, 0.25) is 0 Å². The van der Waals surface area contributed by atoms with Gasteiger partial charge in [-0.3, -0.25) is 0 Å². The molecular formula is C48H31BrN2. The molecule has 0 bridgehead atoms. The molecule has 2 nitrogen and oxygen atoms in total. The first kappa shape index (κ1) is 30.9. The van der Waals surface area contributed by atoms with Crippen LogP contribution in [0.25, 0.3) is 88.8 Å². The van der Waals surface area contributed by atoms with Gasteiger partial charge in [-0.25, -0.2) is 9.97 Å². The minimum absolute atomic E-state index is 0.705. The highest BCUT2D eigenvalue weighted by atomic mass is 79.9. The largest absolute Gasteiger partial charge is 0.228 e. The maximum atomic E-state index is 5.10. The van der Waals surface area contributed by atoms with E-state index in [1.54, 1.807) is 0 Å². The van der Waals surface area contributed by atoms with Gasteiger partial charge in [0.1, 0.15) is 0 Å². The third kappa shape index (κ3) is 5.92. The summed E-state index contributed by atoms with van der Waals surface area (Å²) >= 11 is 3.94. The van der Waals surface area contributed by atoms with Gasteiger partial charge in [0.05, 0.1) is 11.4 Å². The SMILES string of the molecule is Brc1ccc2ccccc2c1-c1c(-c2ccc(-c3cc(-c4ccc(-c5ccccc5)cc4)nc(-c4ccccc4)n3)cc2)ccc2ccccc12. The lowest BCUT2D eigenvalue weighted by molar-refractivity contribution is 1.18. The number of halogens is 1. The smallest absolute Gasteiger partial charge is 0.160 e. The molecule has 51 heavy (non-hydrogen) atoms. The highest BCUT2D eigenvalue weighted by Crippen LogP contribution is 2.45. The third-order valence-corrected chi connectivity index (χ3v) is 10.3. The summed E-state index contributed by atoms with van der Waals surface area (Å²) in [6.45, 7) is 0. The summed E-state index contributed by atoms with van der Waals surface area (Å²) in [4.78, 5) is 10.2. The number of hydrogen-bond donors (Lipinski definition) is 0. The van der Waals surface area contributed by atoms with Crippen molar-refractivity contribution < 1.29 is 0 Å². The van der Waals surface area contributed by atoms with Gasteiger partial charge in [-0.2, -0.15) is 0 Å². The standard InChI is InChI=1S/C48H31BrN2/c49-43-30-28-35-14-8-10-18-41(35)47(43)46-40-17-9-7-13-34(40)27-29-42(46)36-21-25-38(26-22-36)45-31-44(50-48(51-45)39-15-5-2-6-16-39)37-23-19-33(20-24-37)32-11-3-1-4-12-32/h1-31H. The summed E-state index contributed by atoms with van der Waals surface area (Å²) in [6.07, 6.45) is 0. The molecule has 0 N–H and O–H groups in total. The zero-order valence-electron chi connectivity index (χ0n) is 27.7. The van der Waals surface area contributed by atoms with Gasteiger partial charge < -0.3 is 0 Å². The number of hydrogen-bond acceptors (Lipinski definition) is 2. The Labute approximate surface area is 305 Å². The maximum absolute atomic E-state index is 5.10. The Hall–Kier alpha value is -6.16. The summed E-state index contributed by atoms with van der Waals surface area (Å²) in [5, 5.41) is 4.88. The van der Waals surface area contributed by atoms with Crippen LogP contribution in [0.3, 0.4) is 0 Å². The van der Waals surface area contributed by atoms with Crippen LogP contribution >= 0.6 is 15.9 Å². The van der Waals surface area contributed by atoms with Crippen molar-refractivity contribution in [1.29, 1.82) is 0 Å². The van der Waals surface area contributed by atoms with E-state index in [0.717, 1.165) is 38.1 Å². The molecule has 1 aromatic heterocycles. The minimum atomic E-state index is 0.705. The van der Waals surface area contributed by atoms with Gasteiger partial charge in [0.2, 0.25) is 0 Å². The van der Waals surface area contributed by atoms with E-state index in [1.807, 2.05) is 24.3 Å². The van der Waals surface area contributed by atoms with Crippen molar-refractivity contribution in [3.8, 4) is 67.3 Å². The molecule has 3 heteroatoms. The monoisotopic (exact) mass is 714 g/mol. The highest BCUT2D eigenvalue weighted by molar-refractivity contribution is 9.10. The lowest BCUT2D eigenvalue weighted by atomic mass is 9.87. The summed E-state index contributed by atoms with van der Waals surface area (Å²) in [7, 11) is 0. The normalized spacial score (nSPS) is 11.2. The summed E-state index contributed by atoms with van der Waals surface area (Å²) in [5.41, 5.74) is 12.0. The fourth-order valence-corrected chi connectivity index (χ4v) is 7.57. The van der Waals surface area contributed by atoms with Crippen LogP contribution in [0.15, 0.2) is 193 Å². The van der Waals surface area contributed by atoms with E-state index in [-0.39, 0.29) is 0 Å². The zero-order valence-corrected chi connectivity index (χ0v) is 29.3. The molecule has 0 fully saturated rings. The van der Waals surface area contributed by atoms with Crippen molar-refractivity contribution in [3.63, 3.8) is 0 Å². The molecule has 0 aliphatic carbocycles. The predicted octanol–water partition coefficient (Wildman–Crippen LogP) is 13.5. The maximum Gasteiger partial charge on any atom is 0.160 e. The fourth-order valence-electron chi connectivity index (χ4n) is 7.02. The summed E-state index contributed by atoms with van der Waals surface area (Å²) in [5.74, 6) is 0.705. The van der Waals surface area contributed by atoms with E-state index < -0.39 is 0 Å². The van der Waals surface area contributed by atoms with Gasteiger partial charge >= 0.3 is 0 Å². The van der Waals surface area contributed by atoms with Crippen molar-refractivity contribution >= 4 is 37.5 Å². The second-order valence-corrected chi connectivity index (χ2v) is 13.6. The molecule has 8 aromatic carbocycles. The van der Waals surface area contributed by atoms with Crippen LogP contribution in [-0.2, 0) is 0 Å². The Balaban J connectivity index is 1.16. The fraction of sp³-hybridized carbons (Fsp3) is 0. The van der Waals surface area contributed by atoms with Crippen LogP contribution in [-0.4, -0.2) is 9.97 Å². The van der Waals surface area contributed by atoms with E-state index >= 15 is 0 Å². The first-order valence-corrected chi connectivity index (χ1v) is 17.9. The Morgan fingerprint density at radius 3 is 1.39 bits per heavy atom. The first-order chi connectivity index (χ1) is 25.2. The number of fused-ring (bicyclic) bond motifs is 2. The molecule has 1 heterocycles. The van der Waals surface area contributed by atoms with Gasteiger partial charge in [-0.05, 0) is 61.5 Å². The Kier molecular flexibility index (Phi) is 8.04. The molecule has 0 amide bonds. The number of aromatic nitrogens is 2.